The Morgan fingerprint density at radius 1 is 1.26 bits per heavy atom. The molecule has 0 saturated carbocycles. The third-order valence-corrected chi connectivity index (χ3v) is 4.36. The molecule has 1 aliphatic heterocycles. The first-order valence-corrected chi connectivity index (χ1v) is 8.94. The summed E-state index contributed by atoms with van der Waals surface area (Å²) in [6.07, 6.45) is 0.702. The van der Waals surface area contributed by atoms with Gasteiger partial charge < -0.3 is 15.0 Å². The topological polar surface area (TPSA) is 82.4 Å². The number of carbonyl (C=O) groups is 2. The summed E-state index contributed by atoms with van der Waals surface area (Å²) in [5.41, 5.74) is 1.97. The summed E-state index contributed by atoms with van der Waals surface area (Å²) in [5.74, 6) is 0.255. The maximum Gasteiger partial charge on any atom is 0.265 e. The van der Waals surface area contributed by atoms with Crippen molar-refractivity contribution in [3.8, 4) is 11.8 Å². The predicted molar refractivity (Wildman–Crippen MR) is 101 cm³/mol. The standard InChI is InChI=1S/C21H21N3O3/c1-2-11-24(12-10-22)21(26)16-7-5-8-17(13-16)23-20(25)19-14-15-6-3-4-9-18(15)27-19/h3-9,13,19H,2,11-12,14H2,1H3,(H,23,25). The van der Waals surface area contributed by atoms with Crippen molar-refractivity contribution in [2.24, 2.45) is 0 Å². The van der Waals surface area contributed by atoms with E-state index in [2.05, 4.69) is 5.32 Å². The van der Waals surface area contributed by atoms with Gasteiger partial charge in [-0.15, -0.1) is 0 Å². The Balaban J connectivity index is 1.68. The molecular formula is C21H21N3O3. The molecule has 27 heavy (non-hydrogen) atoms. The normalized spacial score (nSPS) is 14.6. The molecular weight excluding hydrogens is 342 g/mol. The highest BCUT2D eigenvalue weighted by Gasteiger charge is 2.29. The molecule has 3 rings (SSSR count). The summed E-state index contributed by atoms with van der Waals surface area (Å²) in [7, 11) is 0. The van der Waals surface area contributed by atoms with Gasteiger partial charge in [0.1, 0.15) is 12.3 Å². The van der Waals surface area contributed by atoms with Crippen LogP contribution in [0.15, 0.2) is 48.5 Å². The second-order valence-corrected chi connectivity index (χ2v) is 6.37. The Morgan fingerprint density at radius 3 is 2.81 bits per heavy atom. The molecule has 1 atom stereocenters. The van der Waals surface area contributed by atoms with Gasteiger partial charge in [-0.2, -0.15) is 5.26 Å². The number of anilines is 1. The molecule has 138 valence electrons. The fraction of sp³-hybridized carbons (Fsp3) is 0.286. The van der Waals surface area contributed by atoms with E-state index >= 15 is 0 Å². The summed E-state index contributed by atoms with van der Waals surface area (Å²) < 4.78 is 5.70. The summed E-state index contributed by atoms with van der Waals surface area (Å²) >= 11 is 0. The molecule has 0 saturated heterocycles. The van der Waals surface area contributed by atoms with Crippen LogP contribution in [0.5, 0.6) is 5.75 Å². The van der Waals surface area contributed by atoms with Crippen molar-refractivity contribution in [1.82, 2.24) is 4.90 Å². The average molecular weight is 363 g/mol. The monoisotopic (exact) mass is 363 g/mol. The van der Waals surface area contributed by atoms with Gasteiger partial charge in [0.2, 0.25) is 0 Å². The lowest BCUT2D eigenvalue weighted by molar-refractivity contribution is -0.122. The number of fused-ring (bicyclic) bond motifs is 1. The van der Waals surface area contributed by atoms with E-state index in [1.54, 1.807) is 24.3 Å². The highest BCUT2D eigenvalue weighted by molar-refractivity contribution is 5.98. The van der Waals surface area contributed by atoms with Crippen LogP contribution in [0, 0.1) is 11.3 Å². The van der Waals surface area contributed by atoms with Gasteiger partial charge in [-0.3, -0.25) is 9.59 Å². The largest absolute Gasteiger partial charge is 0.480 e. The van der Waals surface area contributed by atoms with E-state index in [1.165, 1.54) is 4.90 Å². The van der Waals surface area contributed by atoms with Gasteiger partial charge in [-0.1, -0.05) is 31.2 Å². The van der Waals surface area contributed by atoms with Crippen LogP contribution in [0.2, 0.25) is 0 Å². The maximum atomic E-state index is 12.6. The number of para-hydroxylation sites is 1. The molecule has 0 fully saturated rings. The fourth-order valence-electron chi connectivity index (χ4n) is 3.07. The molecule has 1 aliphatic rings. The number of nitrogens with one attached hydrogen (secondary N) is 1. The lowest BCUT2D eigenvalue weighted by atomic mass is 10.1. The smallest absolute Gasteiger partial charge is 0.265 e. The number of amides is 2. The molecule has 0 aliphatic carbocycles. The van der Waals surface area contributed by atoms with Crippen molar-refractivity contribution < 1.29 is 14.3 Å². The molecule has 1 unspecified atom stereocenters. The van der Waals surface area contributed by atoms with Crippen LogP contribution in [0.3, 0.4) is 0 Å². The predicted octanol–water partition coefficient (Wildman–Crippen LogP) is 3.00. The number of nitrogens with zero attached hydrogens (tertiary/aromatic N) is 2. The lowest BCUT2D eigenvalue weighted by Crippen LogP contribution is -2.33. The zero-order valence-electron chi connectivity index (χ0n) is 15.1. The van der Waals surface area contributed by atoms with Crippen molar-refractivity contribution in [3.63, 3.8) is 0 Å². The van der Waals surface area contributed by atoms with Gasteiger partial charge in [0.25, 0.3) is 11.8 Å². The van der Waals surface area contributed by atoms with E-state index in [-0.39, 0.29) is 18.4 Å². The van der Waals surface area contributed by atoms with Crippen molar-refractivity contribution >= 4 is 17.5 Å². The molecule has 0 spiro atoms. The maximum absolute atomic E-state index is 12.6. The second-order valence-electron chi connectivity index (χ2n) is 6.37. The zero-order valence-corrected chi connectivity index (χ0v) is 15.1. The van der Waals surface area contributed by atoms with Crippen LogP contribution < -0.4 is 10.1 Å². The van der Waals surface area contributed by atoms with Gasteiger partial charge in [-0.05, 0) is 36.2 Å². The Hall–Kier alpha value is -3.33. The van der Waals surface area contributed by atoms with E-state index in [0.29, 0.717) is 24.2 Å². The zero-order chi connectivity index (χ0) is 19.2. The highest BCUT2D eigenvalue weighted by atomic mass is 16.5. The summed E-state index contributed by atoms with van der Waals surface area (Å²) in [5, 5.41) is 11.7. The molecule has 6 heteroatoms. The molecule has 0 radical (unpaired) electrons. The van der Waals surface area contributed by atoms with E-state index in [0.717, 1.165) is 17.7 Å². The van der Waals surface area contributed by atoms with Gasteiger partial charge in [-0.25, -0.2) is 0 Å². The first kappa shape index (κ1) is 18.5. The first-order chi connectivity index (χ1) is 13.1. The molecule has 1 N–H and O–H groups in total. The molecule has 2 amide bonds. The van der Waals surface area contributed by atoms with Crippen molar-refractivity contribution in [2.75, 3.05) is 18.4 Å². The quantitative estimate of drug-likeness (QED) is 0.800. The Labute approximate surface area is 158 Å². The molecule has 0 bridgehead atoms. The fourth-order valence-corrected chi connectivity index (χ4v) is 3.07. The van der Waals surface area contributed by atoms with Crippen LogP contribution in [0.25, 0.3) is 0 Å². The Morgan fingerprint density at radius 2 is 2.07 bits per heavy atom. The minimum absolute atomic E-state index is 0.0391. The first-order valence-electron chi connectivity index (χ1n) is 8.94. The molecule has 0 aromatic heterocycles. The SMILES string of the molecule is CCCN(CC#N)C(=O)c1cccc(NC(=O)C2Cc3ccccc3O2)c1. The molecule has 2 aromatic carbocycles. The van der Waals surface area contributed by atoms with Gasteiger partial charge in [0.15, 0.2) is 6.10 Å². The summed E-state index contributed by atoms with van der Waals surface area (Å²) in [6.45, 7) is 2.50. The number of hydrogen-bond donors (Lipinski definition) is 1. The summed E-state index contributed by atoms with van der Waals surface area (Å²) in [6, 6.07) is 16.3. The molecule has 6 nitrogen and oxygen atoms in total. The van der Waals surface area contributed by atoms with Crippen molar-refractivity contribution in [2.45, 2.75) is 25.9 Å². The highest BCUT2D eigenvalue weighted by Crippen LogP contribution is 2.28. The Kier molecular flexibility index (Phi) is 5.72. The lowest BCUT2D eigenvalue weighted by Gasteiger charge is -2.19. The number of nitriles is 1. The van der Waals surface area contributed by atoms with E-state index < -0.39 is 6.10 Å². The molecule has 2 aromatic rings. The van der Waals surface area contributed by atoms with Gasteiger partial charge >= 0.3 is 0 Å². The van der Waals surface area contributed by atoms with Gasteiger partial charge in [0.05, 0.1) is 6.07 Å². The number of ether oxygens (including phenoxy) is 1. The van der Waals surface area contributed by atoms with E-state index in [1.807, 2.05) is 37.3 Å². The van der Waals surface area contributed by atoms with Crippen molar-refractivity contribution in [3.05, 3.63) is 59.7 Å². The number of carbonyl (C=O) groups excluding carboxylic acids is 2. The minimum Gasteiger partial charge on any atom is -0.480 e. The summed E-state index contributed by atoms with van der Waals surface area (Å²) in [4.78, 5) is 26.6. The van der Waals surface area contributed by atoms with Crippen LogP contribution in [-0.4, -0.2) is 35.9 Å². The van der Waals surface area contributed by atoms with Crippen LogP contribution in [0.1, 0.15) is 29.3 Å². The Bertz CT molecular complexity index is 863. The van der Waals surface area contributed by atoms with E-state index in [9.17, 15) is 9.59 Å². The third kappa shape index (κ3) is 4.26. The third-order valence-electron chi connectivity index (χ3n) is 4.36. The number of hydrogen-bond acceptors (Lipinski definition) is 4. The number of benzene rings is 2. The van der Waals surface area contributed by atoms with Crippen LogP contribution in [0.4, 0.5) is 5.69 Å². The van der Waals surface area contributed by atoms with E-state index in [4.69, 9.17) is 10.00 Å². The van der Waals surface area contributed by atoms with Crippen LogP contribution >= 0.6 is 0 Å². The van der Waals surface area contributed by atoms with Crippen molar-refractivity contribution in [1.29, 1.82) is 5.26 Å². The second kappa shape index (κ2) is 8.37. The average Bonchev–Trinajstić information content (AvgIpc) is 3.12. The number of rotatable bonds is 6. The minimum atomic E-state index is -0.586. The van der Waals surface area contributed by atoms with Gasteiger partial charge in [0, 0.05) is 24.2 Å². The van der Waals surface area contributed by atoms with Crippen LogP contribution in [-0.2, 0) is 11.2 Å². The molecule has 1 heterocycles.